The second-order valence-electron chi connectivity index (χ2n) is 7.61. The Morgan fingerprint density at radius 1 is 1.25 bits per heavy atom. The van der Waals surface area contributed by atoms with Crippen molar-refractivity contribution in [1.82, 2.24) is 0 Å². The molecule has 24 heavy (non-hydrogen) atoms. The van der Waals surface area contributed by atoms with Gasteiger partial charge in [0.25, 0.3) is 0 Å². The van der Waals surface area contributed by atoms with Crippen molar-refractivity contribution in [2.24, 2.45) is 0 Å². The van der Waals surface area contributed by atoms with Crippen molar-refractivity contribution in [3.05, 3.63) is 48.0 Å². The van der Waals surface area contributed by atoms with Crippen molar-refractivity contribution in [1.29, 1.82) is 0 Å². The quantitative estimate of drug-likeness (QED) is 0.436. The molecule has 1 aromatic rings. The summed E-state index contributed by atoms with van der Waals surface area (Å²) in [6.45, 7) is 15.2. The maximum atomic E-state index is 11.9. The van der Waals surface area contributed by atoms with E-state index in [-0.39, 0.29) is 18.1 Å². The zero-order chi connectivity index (χ0) is 18.4. The Bertz CT molecular complexity index is 546. The lowest BCUT2D eigenvalue weighted by Gasteiger charge is -2.36. The van der Waals surface area contributed by atoms with E-state index in [1.807, 2.05) is 30.3 Å². The fraction of sp³-hybridized carbons (Fsp3) is 0.526. The van der Waals surface area contributed by atoms with E-state index < -0.39 is 20.4 Å². The van der Waals surface area contributed by atoms with Crippen molar-refractivity contribution >= 4 is 14.3 Å². The van der Waals surface area contributed by atoms with E-state index in [9.17, 15) is 9.90 Å². The molecule has 0 bridgehead atoms. The Hall–Kier alpha value is -1.43. The van der Waals surface area contributed by atoms with Crippen LogP contribution in [0.5, 0.6) is 0 Å². The topological polar surface area (TPSA) is 55.8 Å². The fourth-order valence-corrected chi connectivity index (χ4v) is 2.74. The minimum atomic E-state index is -1.86. The van der Waals surface area contributed by atoms with Crippen molar-refractivity contribution in [3.8, 4) is 0 Å². The van der Waals surface area contributed by atoms with Crippen molar-refractivity contribution in [2.75, 3.05) is 6.61 Å². The first-order valence-corrected chi connectivity index (χ1v) is 11.1. The lowest BCUT2D eigenvalue weighted by Crippen LogP contribution is -2.41. The highest BCUT2D eigenvalue weighted by Crippen LogP contribution is 2.36. The number of aliphatic hydroxyl groups excluding tert-OH is 1. The van der Waals surface area contributed by atoms with Crippen LogP contribution in [0.15, 0.2) is 42.5 Å². The van der Waals surface area contributed by atoms with Gasteiger partial charge in [-0.15, -0.1) is 0 Å². The number of rotatable bonds is 8. The molecule has 0 saturated carbocycles. The van der Waals surface area contributed by atoms with Gasteiger partial charge in [0.05, 0.1) is 6.61 Å². The van der Waals surface area contributed by atoms with Crippen molar-refractivity contribution in [3.63, 3.8) is 0 Å². The molecule has 4 nitrogen and oxygen atoms in total. The molecule has 0 heterocycles. The van der Waals surface area contributed by atoms with Crippen LogP contribution in [-0.4, -0.2) is 32.1 Å². The summed E-state index contributed by atoms with van der Waals surface area (Å²) in [4.78, 5) is 11.9. The number of hydrogen-bond donors (Lipinski definition) is 1. The van der Waals surface area contributed by atoms with E-state index in [1.54, 1.807) is 0 Å². The first kappa shape index (κ1) is 20.6. The maximum Gasteiger partial charge on any atom is 0.335 e. The number of carbonyl (C=O) groups excluding carboxylic acids is 1. The SMILES string of the molecule is C=C(CO[Si](C)(C)C(C)(C)C)C[C@H](O)C(=O)OCc1ccccc1. The zero-order valence-electron chi connectivity index (χ0n) is 15.5. The molecule has 0 aliphatic heterocycles. The second kappa shape index (κ2) is 8.60. The predicted octanol–water partition coefficient (Wildman–Crippen LogP) is 4.06. The van der Waals surface area contributed by atoms with Crippen LogP contribution in [0.3, 0.4) is 0 Å². The lowest BCUT2D eigenvalue weighted by molar-refractivity contribution is -0.154. The summed E-state index contributed by atoms with van der Waals surface area (Å²) in [5, 5.41) is 10.1. The third kappa shape index (κ3) is 6.59. The number of ether oxygens (including phenoxy) is 1. The van der Waals surface area contributed by atoms with Gasteiger partial charge >= 0.3 is 5.97 Å². The molecule has 1 aromatic carbocycles. The van der Waals surface area contributed by atoms with Crippen LogP contribution in [0.2, 0.25) is 18.1 Å². The summed E-state index contributed by atoms with van der Waals surface area (Å²) < 4.78 is 11.2. The normalized spacial score (nSPS) is 13.4. The standard InChI is InChI=1S/C19H30O4Si/c1-15(13-23-24(5,6)19(2,3)4)12-17(20)18(21)22-14-16-10-8-7-9-11-16/h7-11,17,20H,1,12-14H2,2-6H3/t17-/m0/s1. The number of benzene rings is 1. The smallest absolute Gasteiger partial charge is 0.335 e. The monoisotopic (exact) mass is 350 g/mol. The van der Waals surface area contributed by atoms with E-state index in [0.29, 0.717) is 12.2 Å². The summed E-state index contributed by atoms with van der Waals surface area (Å²) >= 11 is 0. The van der Waals surface area contributed by atoms with E-state index in [0.717, 1.165) is 5.56 Å². The van der Waals surface area contributed by atoms with Gasteiger partial charge in [-0.1, -0.05) is 57.7 Å². The number of hydrogen-bond acceptors (Lipinski definition) is 4. The molecule has 1 atom stereocenters. The van der Waals surface area contributed by atoms with Crippen LogP contribution in [0.1, 0.15) is 32.8 Å². The molecule has 0 aliphatic carbocycles. The van der Waals surface area contributed by atoms with Gasteiger partial charge in [-0.05, 0) is 29.3 Å². The van der Waals surface area contributed by atoms with Gasteiger partial charge in [0, 0.05) is 6.42 Å². The van der Waals surface area contributed by atoms with E-state index in [1.165, 1.54) is 0 Å². The Morgan fingerprint density at radius 3 is 2.38 bits per heavy atom. The molecule has 0 spiro atoms. The van der Waals surface area contributed by atoms with Gasteiger partial charge in [-0.3, -0.25) is 0 Å². The van der Waals surface area contributed by atoms with Crippen molar-refractivity contribution < 1.29 is 19.1 Å². The highest BCUT2D eigenvalue weighted by Gasteiger charge is 2.37. The third-order valence-corrected chi connectivity index (χ3v) is 8.90. The summed E-state index contributed by atoms with van der Waals surface area (Å²) in [6.07, 6.45) is -1.05. The first-order chi connectivity index (χ1) is 11.0. The molecule has 134 valence electrons. The van der Waals surface area contributed by atoms with Gasteiger partial charge in [-0.2, -0.15) is 0 Å². The van der Waals surface area contributed by atoms with Crippen molar-refractivity contribution in [2.45, 2.75) is 58.0 Å². The van der Waals surface area contributed by atoms with Crippen LogP contribution in [0.4, 0.5) is 0 Å². The second-order valence-corrected chi connectivity index (χ2v) is 12.4. The molecule has 0 amide bonds. The zero-order valence-corrected chi connectivity index (χ0v) is 16.5. The molecular weight excluding hydrogens is 320 g/mol. The van der Waals surface area contributed by atoms with Gasteiger partial charge in [-0.25, -0.2) is 4.79 Å². The predicted molar refractivity (Wildman–Crippen MR) is 99.2 cm³/mol. The minimum Gasteiger partial charge on any atom is -0.459 e. The van der Waals surface area contributed by atoms with E-state index >= 15 is 0 Å². The fourth-order valence-electron chi connectivity index (χ4n) is 1.74. The summed E-state index contributed by atoms with van der Waals surface area (Å²) in [5.41, 5.74) is 1.59. The summed E-state index contributed by atoms with van der Waals surface area (Å²) in [6, 6.07) is 9.38. The lowest BCUT2D eigenvalue weighted by atomic mass is 10.1. The third-order valence-electron chi connectivity index (χ3n) is 4.42. The molecule has 0 aromatic heterocycles. The molecule has 0 unspecified atom stereocenters. The number of esters is 1. The largest absolute Gasteiger partial charge is 0.459 e. The Morgan fingerprint density at radius 2 is 1.83 bits per heavy atom. The van der Waals surface area contributed by atoms with E-state index in [4.69, 9.17) is 9.16 Å². The van der Waals surface area contributed by atoms with E-state index in [2.05, 4.69) is 40.4 Å². The number of aliphatic hydroxyl groups is 1. The average Bonchev–Trinajstić information content (AvgIpc) is 2.50. The van der Waals surface area contributed by atoms with Crippen LogP contribution < -0.4 is 0 Å². The summed E-state index contributed by atoms with van der Waals surface area (Å²) in [5.74, 6) is -0.632. The maximum absolute atomic E-state index is 11.9. The van der Waals surface area contributed by atoms with Crippen LogP contribution in [-0.2, 0) is 20.6 Å². The van der Waals surface area contributed by atoms with Gasteiger partial charge in [0.2, 0.25) is 0 Å². The molecule has 1 rings (SSSR count). The first-order valence-electron chi connectivity index (χ1n) is 8.22. The summed E-state index contributed by atoms with van der Waals surface area (Å²) in [7, 11) is -1.86. The van der Waals surface area contributed by atoms with Crippen LogP contribution >= 0.6 is 0 Å². The molecule has 5 heteroatoms. The highest BCUT2D eigenvalue weighted by atomic mass is 28.4. The Labute approximate surface area is 146 Å². The van der Waals surface area contributed by atoms with Gasteiger partial charge < -0.3 is 14.3 Å². The number of carbonyl (C=O) groups is 1. The van der Waals surface area contributed by atoms with Crippen LogP contribution in [0, 0.1) is 0 Å². The average molecular weight is 351 g/mol. The highest BCUT2D eigenvalue weighted by molar-refractivity contribution is 6.74. The molecule has 0 aliphatic rings. The van der Waals surface area contributed by atoms with Gasteiger partial charge in [0.15, 0.2) is 14.4 Å². The molecule has 0 fully saturated rings. The van der Waals surface area contributed by atoms with Crippen LogP contribution in [0.25, 0.3) is 0 Å². The molecular formula is C19H30O4Si. The molecule has 0 saturated heterocycles. The minimum absolute atomic E-state index is 0.112. The van der Waals surface area contributed by atoms with Gasteiger partial charge in [0.1, 0.15) is 6.61 Å². The Balaban J connectivity index is 2.39. The molecule has 0 radical (unpaired) electrons. The Kier molecular flexibility index (Phi) is 7.39. The molecule has 1 N–H and O–H groups in total.